The molecule has 0 spiro atoms. The summed E-state index contributed by atoms with van der Waals surface area (Å²) in [5.41, 5.74) is 7.50. The SMILES string of the molecule is C=C/C=C\c1coc2c3ccccc3c3/c(=C/C(=C)c4c5ccccc5c(-c5ccccc5)c5ccccc45)c(=C)oc3c12. The van der Waals surface area contributed by atoms with Gasteiger partial charge in [0.25, 0.3) is 0 Å². The molecule has 0 amide bonds. The number of furan rings is 2. The minimum atomic E-state index is 0.591. The normalized spacial score (nSPS) is 12.4. The lowest BCUT2D eigenvalue weighted by atomic mass is 9.86. The molecule has 208 valence electrons. The molecule has 2 heterocycles. The van der Waals surface area contributed by atoms with Crippen LogP contribution in [0.2, 0.25) is 0 Å². The minimum absolute atomic E-state index is 0.591. The van der Waals surface area contributed by atoms with E-state index in [9.17, 15) is 0 Å². The van der Waals surface area contributed by atoms with Crippen molar-refractivity contribution in [3.63, 3.8) is 0 Å². The van der Waals surface area contributed by atoms with Crippen LogP contribution in [0.15, 0.2) is 144 Å². The predicted molar refractivity (Wildman–Crippen MR) is 188 cm³/mol. The number of rotatable bonds is 5. The highest BCUT2D eigenvalue weighted by atomic mass is 16.3. The first-order chi connectivity index (χ1) is 21.7. The summed E-state index contributed by atoms with van der Waals surface area (Å²) in [6, 6.07) is 36.2. The van der Waals surface area contributed by atoms with Gasteiger partial charge in [-0.05, 0) is 55.3 Å². The van der Waals surface area contributed by atoms with E-state index < -0.39 is 0 Å². The molecule has 0 bridgehead atoms. The Morgan fingerprint density at radius 2 is 1.23 bits per heavy atom. The maximum atomic E-state index is 6.48. The third-order valence-corrected chi connectivity index (χ3v) is 8.56. The second-order valence-corrected chi connectivity index (χ2v) is 11.1. The molecule has 44 heavy (non-hydrogen) atoms. The first-order valence-corrected chi connectivity index (χ1v) is 14.7. The number of allylic oxidation sites excluding steroid dienone is 3. The van der Waals surface area contributed by atoms with Crippen LogP contribution in [0.4, 0.5) is 0 Å². The third kappa shape index (κ3) is 3.82. The van der Waals surface area contributed by atoms with Crippen LogP contribution >= 0.6 is 0 Å². The molecule has 0 atom stereocenters. The van der Waals surface area contributed by atoms with Crippen molar-refractivity contribution < 1.29 is 8.83 Å². The minimum Gasteiger partial charge on any atom is -0.463 e. The van der Waals surface area contributed by atoms with E-state index in [0.29, 0.717) is 5.42 Å². The van der Waals surface area contributed by atoms with Gasteiger partial charge in [0.1, 0.15) is 16.6 Å². The summed E-state index contributed by atoms with van der Waals surface area (Å²) in [6.07, 6.45) is 9.57. The van der Waals surface area contributed by atoms with Crippen molar-refractivity contribution in [2.75, 3.05) is 0 Å². The van der Waals surface area contributed by atoms with Crippen molar-refractivity contribution in [3.8, 4) is 11.1 Å². The largest absolute Gasteiger partial charge is 0.463 e. The molecular formula is C42H28O2. The van der Waals surface area contributed by atoms with Crippen LogP contribution in [-0.4, -0.2) is 0 Å². The van der Waals surface area contributed by atoms with Gasteiger partial charge in [0.05, 0.1) is 11.6 Å². The fourth-order valence-corrected chi connectivity index (χ4v) is 6.72. The Labute approximate surface area is 254 Å². The van der Waals surface area contributed by atoms with E-state index in [4.69, 9.17) is 8.83 Å². The molecule has 8 rings (SSSR count). The van der Waals surface area contributed by atoms with Gasteiger partial charge in [-0.2, -0.15) is 0 Å². The van der Waals surface area contributed by atoms with Crippen LogP contribution in [0.25, 0.3) is 89.7 Å². The van der Waals surface area contributed by atoms with Crippen LogP contribution in [0, 0.1) is 0 Å². The average Bonchev–Trinajstić information content (AvgIpc) is 3.63. The van der Waals surface area contributed by atoms with Gasteiger partial charge in [-0.25, -0.2) is 0 Å². The lowest BCUT2D eigenvalue weighted by Gasteiger charge is -2.17. The van der Waals surface area contributed by atoms with Crippen LogP contribution < -0.4 is 10.6 Å². The number of hydrogen-bond donors (Lipinski definition) is 0. The van der Waals surface area contributed by atoms with Gasteiger partial charge in [-0.15, -0.1) is 0 Å². The predicted octanol–water partition coefficient (Wildman–Crippen LogP) is 10.4. The molecule has 0 aliphatic carbocycles. The van der Waals surface area contributed by atoms with Gasteiger partial charge in [0.2, 0.25) is 0 Å². The molecule has 0 saturated heterocycles. The Morgan fingerprint density at radius 3 is 1.89 bits per heavy atom. The zero-order chi connectivity index (χ0) is 29.8. The topological polar surface area (TPSA) is 26.3 Å². The number of hydrogen-bond acceptors (Lipinski definition) is 2. The van der Waals surface area contributed by atoms with Gasteiger partial charge >= 0.3 is 0 Å². The summed E-state index contributed by atoms with van der Waals surface area (Å²) in [5.74, 6) is 0. The maximum absolute atomic E-state index is 6.48. The Morgan fingerprint density at radius 1 is 0.636 bits per heavy atom. The second kappa shape index (κ2) is 10.1. The smallest absolute Gasteiger partial charge is 0.147 e. The Kier molecular flexibility index (Phi) is 5.95. The monoisotopic (exact) mass is 564 g/mol. The van der Waals surface area contributed by atoms with Crippen molar-refractivity contribution in [2.45, 2.75) is 0 Å². The molecule has 0 unspecified atom stereocenters. The molecule has 2 nitrogen and oxygen atoms in total. The van der Waals surface area contributed by atoms with Crippen molar-refractivity contribution in [2.24, 2.45) is 0 Å². The molecule has 2 aromatic heterocycles. The molecule has 0 fully saturated rings. The summed E-state index contributed by atoms with van der Waals surface area (Å²) < 4.78 is 12.6. The van der Waals surface area contributed by atoms with Gasteiger partial charge in [-0.1, -0.05) is 141 Å². The zero-order valence-electron chi connectivity index (χ0n) is 24.1. The lowest BCUT2D eigenvalue weighted by molar-refractivity contribution is 0.580. The molecule has 0 aliphatic rings. The van der Waals surface area contributed by atoms with Gasteiger partial charge in [0, 0.05) is 21.6 Å². The first-order valence-electron chi connectivity index (χ1n) is 14.7. The van der Waals surface area contributed by atoms with E-state index >= 15 is 0 Å². The summed E-state index contributed by atoms with van der Waals surface area (Å²) in [7, 11) is 0. The molecule has 8 aromatic rings. The number of fused-ring (bicyclic) bond motifs is 8. The van der Waals surface area contributed by atoms with E-state index in [-0.39, 0.29) is 0 Å². The molecular weight excluding hydrogens is 536 g/mol. The van der Waals surface area contributed by atoms with Crippen molar-refractivity contribution in [1.29, 1.82) is 0 Å². The highest BCUT2D eigenvalue weighted by Crippen LogP contribution is 2.42. The van der Waals surface area contributed by atoms with Crippen molar-refractivity contribution in [3.05, 3.63) is 156 Å². The molecule has 0 radical (unpaired) electrons. The molecule has 0 saturated carbocycles. The van der Waals surface area contributed by atoms with Crippen LogP contribution in [0.5, 0.6) is 0 Å². The maximum Gasteiger partial charge on any atom is 0.147 e. The standard InChI is InChI=1S/C42H28O2/c1-4-5-15-29-25-43-41-35-23-14-13-22-34(35)40-36(27(3)44-42(40)39(29)41)24-26(2)37-30-18-9-11-20-32(30)38(28-16-7-6-8-17-28)33-21-12-10-19-31(33)37/h4-25H,1-3H2/b15-5-,36-24+. The van der Waals surface area contributed by atoms with Crippen molar-refractivity contribution >= 4 is 78.6 Å². The summed E-state index contributed by atoms with van der Waals surface area (Å²) in [4.78, 5) is 0. The Bertz CT molecular complexity index is 2530. The van der Waals surface area contributed by atoms with E-state index in [1.54, 1.807) is 12.3 Å². The molecule has 0 N–H and O–H groups in total. The quantitative estimate of drug-likeness (QED) is 0.154. The van der Waals surface area contributed by atoms with Gasteiger partial charge in [-0.3, -0.25) is 0 Å². The zero-order valence-corrected chi connectivity index (χ0v) is 24.1. The van der Waals surface area contributed by atoms with Crippen LogP contribution in [-0.2, 0) is 0 Å². The highest BCUT2D eigenvalue weighted by molar-refractivity contribution is 6.25. The molecule has 2 heteroatoms. The first kappa shape index (κ1) is 25.8. The fourth-order valence-electron chi connectivity index (χ4n) is 6.72. The third-order valence-electron chi connectivity index (χ3n) is 8.56. The molecule has 6 aromatic carbocycles. The Hall–Kier alpha value is -5.86. The summed E-state index contributed by atoms with van der Waals surface area (Å²) in [6.45, 7) is 12.9. The van der Waals surface area contributed by atoms with E-state index in [1.165, 1.54) is 21.9 Å². The van der Waals surface area contributed by atoms with E-state index in [1.807, 2.05) is 24.3 Å². The van der Waals surface area contributed by atoms with Crippen molar-refractivity contribution in [1.82, 2.24) is 0 Å². The summed E-state index contributed by atoms with van der Waals surface area (Å²) in [5, 5.41) is 9.62. The lowest BCUT2D eigenvalue weighted by Crippen LogP contribution is -2.18. The van der Waals surface area contributed by atoms with Gasteiger partial charge < -0.3 is 8.83 Å². The second-order valence-electron chi connectivity index (χ2n) is 11.1. The number of benzene rings is 6. The van der Waals surface area contributed by atoms with Crippen LogP contribution in [0.3, 0.4) is 0 Å². The van der Waals surface area contributed by atoms with E-state index in [2.05, 4.69) is 117 Å². The Balaban J connectivity index is 1.47. The van der Waals surface area contributed by atoms with E-state index in [0.717, 1.165) is 65.4 Å². The summed E-state index contributed by atoms with van der Waals surface area (Å²) >= 11 is 0. The van der Waals surface area contributed by atoms with Crippen LogP contribution in [0.1, 0.15) is 11.1 Å². The average molecular weight is 565 g/mol. The van der Waals surface area contributed by atoms with Gasteiger partial charge in [0.15, 0.2) is 0 Å². The molecule has 0 aliphatic heterocycles. The fraction of sp³-hybridized carbons (Fsp3) is 0. The highest BCUT2D eigenvalue weighted by Gasteiger charge is 2.20.